The van der Waals surface area contributed by atoms with E-state index in [1.807, 2.05) is 0 Å². The van der Waals surface area contributed by atoms with Crippen LogP contribution in [0, 0.1) is 0 Å². The van der Waals surface area contributed by atoms with Gasteiger partial charge in [-0.15, -0.1) is 0 Å². The standard InChI is InChI=1S/C16H24O9/c1-2-8(9-3-4-23-15(22)10(9)5-17)7-24-16-14(21)13(20)12(19)11(6-18)25-16/h2,11-14,16-21H,3-7H2,1H3/b8-2-/t11-,12+,13-,14-,16+/m1/s1. The van der Waals surface area contributed by atoms with Crippen molar-refractivity contribution in [1.82, 2.24) is 0 Å². The van der Waals surface area contributed by atoms with Crippen LogP contribution in [0.4, 0.5) is 0 Å². The Bertz CT molecular complexity index is 540. The third-order valence-corrected chi connectivity index (χ3v) is 4.34. The van der Waals surface area contributed by atoms with E-state index in [0.717, 1.165) is 0 Å². The van der Waals surface area contributed by atoms with E-state index in [0.29, 0.717) is 17.6 Å². The minimum absolute atomic E-state index is 0.0642. The van der Waals surface area contributed by atoms with Crippen molar-refractivity contribution in [2.24, 2.45) is 0 Å². The lowest BCUT2D eigenvalue weighted by atomic mass is 9.95. The summed E-state index contributed by atoms with van der Waals surface area (Å²) in [4.78, 5) is 11.7. The molecule has 2 rings (SSSR count). The molecule has 0 unspecified atom stereocenters. The van der Waals surface area contributed by atoms with Crippen molar-refractivity contribution in [3.05, 3.63) is 22.8 Å². The van der Waals surface area contributed by atoms with Gasteiger partial charge in [-0.05, 0) is 18.1 Å². The summed E-state index contributed by atoms with van der Waals surface area (Å²) in [5.41, 5.74) is 1.36. The van der Waals surface area contributed by atoms with Gasteiger partial charge in [0.15, 0.2) is 6.29 Å². The first-order chi connectivity index (χ1) is 11.9. The summed E-state index contributed by atoms with van der Waals surface area (Å²) in [7, 11) is 0. The number of carbonyl (C=O) groups excluding carboxylic acids is 1. The monoisotopic (exact) mass is 360 g/mol. The Morgan fingerprint density at radius 2 is 1.96 bits per heavy atom. The minimum Gasteiger partial charge on any atom is -0.462 e. The maximum Gasteiger partial charge on any atom is 0.336 e. The van der Waals surface area contributed by atoms with Gasteiger partial charge in [0, 0.05) is 6.42 Å². The molecule has 2 aliphatic heterocycles. The number of hydrogen-bond donors (Lipinski definition) is 5. The zero-order valence-corrected chi connectivity index (χ0v) is 13.9. The first-order valence-corrected chi connectivity index (χ1v) is 8.02. The minimum atomic E-state index is -1.53. The van der Waals surface area contributed by atoms with Crippen LogP contribution in [-0.2, 0) is 19.0 Å². The molecule has 1 fully saturated rings. The van der Waals surface area contributed by atoms with Crippen molar-refractivity contribution in [3.63, 3.8) is 0 Å². The van der Waals surface area contributed by atoms with E-state index in [2.05, 4.69) is 0 Å². The Labute approximate surface area is 144 Å². The van der Waals surface area contributed by atoms with Crippen LogP contribution in [0.5, 0.6) is 0 Å². The third-order valence-electron chi connectivity index (χ3n) is 4.34. The summed E-state index contributed by atoms with van der Waals surface area (Å²) in [5.74, 6) is -0.587. The predicted octanol–water partition coefficient (Wildman–Crippen LogP) is -2.01. The fraction of sp³-hybridized carbons (Fsp3) is 0.688. The van der Waals surface area contributed by atoms with Crippen molar-refractivity contribution >= 4 is 5.97 Å². The lowest BCUT2D eigenvalue weighted by molar-refractivity contribution is -0.298. The van der Waals surface area contributed by atoms with E-state index in [4.69, 9.17) is 14.2 Å². The van der Waals surface area contributed by atoms with Crippen molar-refractivity contribution in [1.29, 1.82) is 0 Å². The molecule has 0 bridgehead atoms. The second kappa shape index (κ2) is 8.86. The second-order valence-corrected chi connectivity index (χ2v) is 5.82. The molecular weight excluding hydrogens is 336 g/mol. The fourth-order valence-corrected chi connectivity index (χ4v) is 2.84. The molecule has 25 heavy (non-hydrogen) atoms. The molecule has 2 heterocycles. The molecule has 0 aromatic rings. The number of esters is 1. The maximum absolute atomic E-state index is 11.7. The van der Waals surface area contributed by atoms with Crippen LogP contribution in [0.3, 0.4) is 0 Å². The molecule has 0 saturated carbocycles. The molecule has 0 spiro atoms. The molecule has 9 heteroatoms. The number of carbonyl (C=O) groups is 1. The largest absolute Gasteiger partial charge is 0.462 e. The van der Waals surface area contributed by atoms with E-state index in [1.54, 1.807) is 13.0 Å². The molecule has 5 atom stereocenters. The highest BCUT2D eigenvalue weighted by Gasteiger charge is 2.44. The van der Waals surface area contributed by atoms with Crippen LogP contribution in [0.1, 0.15) is 13.3 Å². The number of hydrogen-bond acceptors (Lipinski definition) is 9. The summed E-state index contributed by atoms with van der Waals surface area (Å²) in [6.07, 6.45) is -4.70. The van der Waals surface area contributed by atoms with Gasteiger partial charge < -0.3 is 39.7 Å². The number of cyclic esters (lactones) is 1. The molecule has 1 saturated heterocycles. The maximum atomic E-state index is 11.7. The highest BCUT2D eigenvalue weighted by Crippen LogP contribution is 2.27. The van der Waals surface area contributed by atoms with Gasteiger partial charge in [-0.3, -0.25) is 0 Å². The van der Waals surface area contributed by atoms with Crippen molar-refractivity contribution in [2.75, 3.05) is 26.4 Å². The predicted molar refractivity (Wildman–Crippen MR) is 83.2 cm³/mol. The molecular formula is C16H24O9. The summed E-state index contributed by atoms with van der Waals surface area (Å²) >= 11 is 0. The highest BCUT2D eigenvalue weighted by molar-refractivity contribution is 5.91. The van der Waals surface area contributed by atoms with Crippen LogP contribution in [0.15, 0.2) is 22.8 Å². The number of aliphatic hydroxyl groups is 5. The summed E-state index contributed by atoms with van der Waals surface area (Å²) in [6, 6.07) is 0. The molecule has 0 aliphatic carbocycles. The number of rotatable bonds is 6. The van der Waals surface area contributed by atoms with Gasteiger partial charge in [0.2, 0.25) is 0 Å². The summed E-state index contributed by atoms with van der Waals surface area (Å²) < 4.78 is 15.7. The molecule has 2 aliphatic rings. The third kappa shape index (κ3) is 4.26. The SMILES string of the molecule is C/C=C(/CO[C@H]1O[C@H](CO)[C@H](O)[C@@H](O)[C@H]1O)C1=C(CO)C(=O)OCC1. The van der Waals surface area contributed by atoms with Crippen LogP contribution >= 0.6 is 0 Å². The topological polar surface area (TPSA) is 146 Å². The molecule has 5 N–H and O–H groups in total. The van der Waals surface area contributed by atoms with E-state index in [1.165, 1.54) is 0 Å². The Kier molecular flexibility index (Phi) is 7.08. The van der Waals surface area contributed by atoms with Crippen LogP contribution in [-0.4, -0.2) is 88.6 Å². The Morgan fingerprint density at radius 1 is 1.24 bits per heavy atom. The molecule has 142 valence electrons. The highest BCUT2D eigenvalue weighted by atomic mass is 16.7. The lowest BCUT2D eigenvalue weighted by Crippen LogP contribution is -2.59. The van der Waals surface area contributed by atoms with E-state index >= 15 is 0 Å². The molecule has 0 radical (unpaired) electrons. The molecule has 0 amide bonds. The zero-order chi connectivity index (χ0) is 18.6. The smallest absolute Gasteiger partial charge is 0.336 e. The van der Waals surface area contributed by atoms with Crippen molar-refractivity contribution in [2.45, 2.75) is 44.1 Å². The van der Waals surface area contributed by atoms with Crippen molar-refractivity contribution in [3.8, 4) is 0 Å². The first kappa shape index (κ1) is 20.0. The van der Waals surface area contributed by atoms with Crippen LogP contribution < -0.4 is 0 Å². The number of aliphatic hydroxyl groups excluding tert-OH is 5. The van der Waals surface area contributed by atoms with Gasteiger partial charge in [-0.25, -0.2) is 4.79 Å². The van der Waals surface area contributed by atoms with E-state index in [9.17, 15) is 30.3 Å². The van der Waals surface area contributed by atoms with Crippen molar-refractivity contribution < 1.29 is 44.5 Å². The normalized spacial score (nSPS) is 34.2. The van der Waals surface area contributed by atoms with Gasteiger partial charge >= 0.3 is 5.97 Å². The van der Waals surface area contributed by atoms with Gasteiger partial charge in [0.1, 0.15) is 24.4 Å². The molecule has 0 aromatic heterocycles. The van der Waals surface area contributed by atoms with Crippen LogP contribution in [0.2, 0.25) is 0 Å². The lowest BCUT2D eigenvalue weighted by Gasteiger charge is -2.39. The summed E-state index contributed by atoms with van der Waals surface area (Å²) in [5, 5.41) is 48.0. The number of allylic oxidation sites excluding steroid dienone is 1. The Hall–Kier alpha value is -1.33. The molecule has 0 aromatic carbocycles. The summed E-state index contributed by atoms with van der Waals surface area (Å²) in [6.45, 7) is 0.840. The number of ether oxygens (including phenoxy) is 3. The quantitative estimate of drug-likeness (QED) is 0.339. The fourth-order valence-electron chi connectivity index (χ4n) is 2.84. The van der Waals surface area contributed by atoms with Crippen LogP contribution in [0.25, 0.3) is 0 Å². The second-order valence-electron chi connectivity index (χ2n) is 5.82. The van der Waals surface area contributed by atoms with Gasteiger partial charge in [-0.2, -0.15) is 0 Å². The van der Waals surface area contributed by atoms with Gasteiger partial charge in [-0.1, -0.05) is 6.08 Å². The van der Waals surface area contributed by atoms with E-state index < -0.39 is 49.9 Å². The average molecular weight is 360 g/mol. The van der Waals surface area contributed by atoms with Gasteiger partial charge in [0.25, 0.3) is 0 Å². The molecule has 9 nitrogen and oxygen atoms in total. The zero-order valence-electron chi connectivity index (χ0n) is 13.9. The Balaban J connectivity index is 2.09. The Morgan fingerprint density at radius 3 is 2.56 bits per heavy atom. The first-order valence-electron chi connectivity index (χ1n) is 8.02. The average Bonchev–Trinajstić information content (AvgIpc) is 2.62. The van der Waals surface area contributed by atoms with E-state index in [-0.39, 0.29) is 18.8 Å². The van der Waals surface area contributed by atoms with Gasteiger partial charge in [0.05, 0.1) is 32.0 Å².